The molecule has 2 atom stereocenters. The largest absolute Gasteiger partial charge is 0.468 e. The molecule has 2 unspecified atom stereocenters. The van der Waals surface area contributed by atoms with Crippen LogP contribution in [0.5, 0.6) is 0 Å². The Labute approximate surface area is 250 Å². The van der Waals surface area contributed by atoms with Gasteiger partial charge in [0.05, 0.1) is 52.8 Å². The topological polar surface area (TPSA) is 132 Å². The minimum Gasteiger partial charge on any atom is -0.468 e. The number of methoxy groups -OCH3 is 4. The van der Waals surface area contributed by atoms with E-state index >= 15 is 0 Å². The Morgan fingerprint density at radius 2 is 1.37 bits per heavy atom. The van der Waals surface area contributed by atoms with Gasteiger partial charge in [-0.15, -0.1) is 0 Å². The number of ether oxygens (including phenoxy) is 5. The molecule has 224 valence electrons. The van der Waals surface area contributed by atoms with E-state index in [-0.39, 0.29) is 42.7 Å². The smallest absolute Gasteiger partial charge is 0.384 e. The van der Waals surface area contributed by atoms with Gasteiger partial charge in [-0.2, -0.15) is 0 Å². The summed E-state index contributed by atoms with van der Waals surface area (Å²) in [5, 5.41) is 0.470. The first-order chi connectivity index (χ1) is 20.7. The van der Waals surface area contributed by atoms with Crippen LogP contribution in [-0.2, 0) is 57.5 Å². The lowest BCUT2D eigenvalue weighted by molar-refractivity contribution is -0.170. The van der Waals surface area contributed by atoms with E-state index < -0.39 is 42.8 Å². The summed E-state index contributed by atoms with van der Waals surface area (Å²) in [6, 6.07) is 19.3. The van der Waals surface area contributed by atoms with Crippen molar-refractivity contribution in [2.45, 2.75) is 31.7 Å². The predicted molar refractivity (Wildman–Crippen MR) is 155 cm³/mol. The highest BCUT2D eigenvalue weighted by atomic mass is 31.1. The van der Waals surface area contributed by atoms with Crippen molar-refractivity contribution in [3.63, 3.8) is 0 Å². The number of hydrogen-bond acceptors (Lipinski definition) is 10. The average Bonchev–Trinajstić information content (AvgIpc) is 3.06. The lowest BCUT2D eigenvalue weighted by atomic mass is 9.69. The molecule has 0 radical (unpaired) electrons. The Morgan fingerprint density at radius 1 is 0.791 bits per heavy atom. The summed E-state index contributed by atoms with van der Waals surface area (Å²) in [4.78, 5) is 53.1. The van der Waals surface area contributed by atoms with Crippen molar-refractivity contribution in [3.05, 3.63) is 100 Å². The van der Waals surface area contributed by atoms with Crippen molar-refractivity contribution in [1.29, 1.82) is 0 Å². The van der Waals surface area contributed by atoms with Crippen molar-refractivity contribution >= 4 is 37.0 Å². The lowest BCUT2D eigenvalue weighted by Gasteiger charge is -2.36. The van der Waals surface area contributed by atoms with Crippen LogP contribution in [0.2, 0.25) is 0 Å². The first kappa shape index (κ1) is 31.5. The Kier molecular flexibility index (Phi) is 10.1. The molecule has 43 heavy (non-hydrogen) atoms. The Hall–Kier alpha value is -4.40. The first-order valence-electron chi connectivity index (χ1n) is 13.4. The molecular formula is C32H32O10P+. The summed E-state index contributed by atoms with van der Waals surface area (Å²) in [6.07, 6.45) is -0.489. The van der Waals surface area contributed by atoms with Gasteiger partial charge in [-0.1, -0.05) is 53.1 Å². The van der Waals surface area contributed by atoms with Crippen LogP contribution in [0.25, 0.3) is 0 Å². The van der Waals surface area contributed by atoms with Crippen LogP contribution < -0.4 is 5.30 Å². The molecule has 0 aromatic heterocycles. The summed E-state index contributed by atoms with van der Waals surface area (Å²) in [5.41, 5.74) is -1.29. The third kappa shape index (κ3) is 6.21. The number of carbonyl (C=O) groups excluding carboxylic acids is 4. The fourth-order valence-electron chi connectivity index (χ4n) is 5.48. The summed E-state index contributed by atoms with van der Waals surface area (Å²) in [5.74, 6) is -3.42. The first-order valence-corrected chi connectivity index (χ1v) is 14.7. The van der Waals surface area contributed by atoms with E-state index in [9.17, 15) is 23.7 Å². The van der Waals surface area contributed by atoms with Gasteiger partial charge in [-0.3, -0.25) is 9.59 Å². The maximum Gasteiger partial charge on any atom is 0.384 e. The van der Waals surface area contributed by atoms with Crippen molar-refractivity contribution < 1.29 is 47.4 Å². The second kappa shape index (κ2) is 13.7. The van der Waals surface area contributed by atoms with E-state index in [2.05, 4.69) is 0 Å². The monoisotopic (exact) mass is 607 g/mol. The summed E-state index contributed by atoms with van der Waals surface area (Å²) >= 11 is 0. The molecule has 0 amide bonds. The molecule has 3 aromatic rings. The maximum absolute atomic E-state index is 14.2. The SMILES string of the molecule is COC(=O)c1cc2c(c(COCc3ccccc3)c1C(=O)OC)CC(C(=O)OC)(C(=O)OC)CC2[P+](=O)c1ccccc1. The van der Waals surface area contributed by atoms with Crippen molar-refractivity contribution in [3.8, 4) is 0 Å². The molecule has 11 heteroatoms. The molecular weight excluding hydrogens is 575 g/mol. The molecule has 0 aliphatic heterocycles. The van der Waals surface area contributed by atoms with Crippen LogP contribution in [0.1, 0.15) is 55.0 Å². The second-order valence-electron chi connectivity index (χ2n) is 9.93. The Bertz CT molecular complexity index is 1520. The number of carbonyl (C=O) groups is 4. The Balaban J connectivity index is 2.01. The van der Waals surface area contributed by atoms with Gasteiger partial charge in [-0.05, 0) is 34.9 Å². The minimum absolute atomic E-state index is 0.114. The molecule has 0 saturated carbocycles. The zero-order chi connectivity index (χ0) is 31.1. The van der Waals surface area contributed by atoms with Crippen LogP contribution in [0.3, 0.4) is 0 Å². The fourth-order valence-corrected chi connectivity index (χ4v) is 7.27. The zero-order valence-electron chi connectivity index (χ0n) is 24.3. The minimum atomic E-state index is -2.30. The third-order valence-electron chi connectivity index (χ3n) is 7.56. The molecule has 0 heterocycles. The van der Waals surface area contributed by atoms with Gasteiger partial charge < -0.3 is 23.7 Å². The van der Waals surface area contributed by atoms with Crippen LogP contribution in [0, 0.1) is 5.41 Å². The molecule has 1 aliphatic rings. The Morgan fingerprint density at radius 3 is 1.93 bits per heavy atom. The molecule has 4 rings (SSSR count). The van der Waals surface area contributed by atoms with Gasteiger partial charge in [0.25, 0.3) is 0 Å². The highest BCUT2D eigenvalue weighted by Gasteiger charge is 2.58. The second-order valence-corrected chi connectivity index (χ2v) is 11.7. The maximum atomic E-state index is 14.2. The van der Waals surface area contributed by atoms with E-state index in [1.165, 1.54) is 20.3 Å². The summed E-state index contributed by atoms with van der Waals surface area (Å²) < 4.78 is 40.5. The van der Waals surface area contributed by atoms with Crippen molar-refractivity contribution in [2.75, 3.05) is 28.4 Å². The number of esters is 4. The quantitative estimate of drug-likeness (QED) is 0.141. The van der Waals surface area contributed by atoms with Gasteiger partial charge in [-0.25, -0.2) is 9.59 Å². The number of rotatable bonds is 10. The van der Waals surface area contributed by atoms with Crippen LogP contribution >= 0.6 is 7.80 Å². The molecule has 0 saturated heterocycles. The van der Waals surface area contributed by atoms with E-state index in [0.29, 0.717) is 16.4 Å². The highest BCUT2D eigenvalue weighted by molar-refractivity contribution is 7.53. The zero-order valence-corrected chi connectivity index (χ0v) is 25.2. The average molecular weight is 608 g/mol. The highest BCUT2D eigenvalue weighted by Crippen LogP contribution is 2.55. The van der Waals surface area contributed by atoms with Gasteiger partial charge in [0, 0.05) is 18.4 Å². The predicted octanol–water partition coefficient (Wildman–Crippen LogP) is 4.45. The normalized spacial score (nSPS) is 15.4. The summed E-state index contributed by atoms with van der Waals surface area (Å²) in [6.45, 7) is -0.0563. The number of fused-ring (bicyclic) bond motifs is 1. The van der Waals surface area contributed by atoms with Gasteiger partial charge in [0.1, 0.15) is 0 Å². The van der Waals surface area contributed by atoms with Crippen molar-refractivity contribution in [1.82, 2.24) is 0 Å². The summed E-state index contributed by atoms with van der Waals surface area (Å²) in [7, 11) is 2.35. The van der Waals surface area contributed by atoms with E-state index in [4.69, 9.17) is 23.7 Å². The van der Waals surface area contributed by atoms with Gasteiger partial charge >= 0.3 is 31.7 Å². The standard InChI is InChI=1S/C32H32O10P/c1-38-28(33)23-15-22-24(25(27(23)29(34)39-2)19-42-18-20-11-7-5-8-12-20)16-32(30(35)40-3,31(36)41-4)17-26(22)43(37)21-13-9-6-10-14-21/h5-15,26H,16-19H2,1-4H3/q+1. The molecule has 0 spiro atoms. The molecule has 0 N–H and O–H groups in total. The van der Waals surface area contributed by atoms with E-state index in [1.54, 1.807) is 30.3 Å². The molecule has 1 aliphatic carbocycles. The number of hydrogen-bond donors (Lipinski definition) is 0. The third-order valence-corrected chi connectivity index (χ3v) is 9.40. The lowest BCUT2D eigenvalue weighted by Crippen LogP contribution is -2.47. The van der Waals surface area contributed by atoms with E-state index in [1.807, 2.05) is 30.3 Å². The van der Waals surface area contributed by atoms with Crippen LogP contribution in [0.15, 0.2) is 66.7 Å². The molecule has 0 fully saturated rings. The number of benzene rings is 3. The molecule has 0 bridgehead atoms. The molecule has 3 aromatic carbocycles. The fraction of sp³-hybridized carbons (Fsp3) is 0.312. The molecule has 10 nitrogen and oxygen atoms in total. The van der Waals surface area contributed by atoms with Crippen molar-refractivity contribution in [2.24, 2.45) is 5.41 Å². The van der Waals surface area contributed by atoms with Crippen LogP contribution in [0.4, 0.5) is 0 Å². The van der Waals surface area contributed by atoms with Gasteiger partial charge in [0.15, 0.2) is 16.4 Å². The van der Waals surface area contributed by atoms with Crippen LogP contribution in [-0.4, -0.2) is 52.3 Å². The van der Waals surface area contributed by atoms with Gasteiger partial charge in [0.2, 0.25) is 0 Å². The van der Waals surface area contributed by atoms with E-state index in [0.717, 1.165) is 19.8 Å².